The fraction of sp³-hybridized carbons (Fsp3) is 0.261. The van der Waals surface area contributed by atoms with Crippen molar-refractivity contribution in [1.82, 2.24) is 24.7 Å². The van der Waals surface area contributed by atoms with Crippen LogP contribution in [-0.4, -0.2) is 44.6 Å². The van der Waals surface area contributed by atoms with Gasteiger partial charge < -0.3 is 10.1 Å². The van der Waals surface area contributed by atoms with Crippen molar-refractivity contribution in [3.63, 3.8) is 0 Å². The minimum absolute atomic E-state index is 0.0871. The molecule has 3 aromatic heterocycles. The molecular formula is C23H23N5O2. The quantitative estimate of drug-likeness (QED) is 0.558. The first-order valence-corrected chi connectivity index (χ1v) is 10.2. The van der Waals surface area contributed by atoms with Gasteiger partial charge in [0.15, 0.2) is 0 Å². The third-order valence-electron chi connectivity index (χ3n) is 5.51. The summed E-state index contributed by atoms with van der Waals surface area (Å²) in [6, 6.07) is 16.2. The zero-order chi connectivity index (χ0) is 20.3. The molecule has 0 bridgehead atoms. The third kappa shape index (κ3) is 3.71. The molecule has 0 spiro atoms. The zero-order valence-corrected chi connectivity index (χ0v) is 16.6. The van der Waals surface area contributed by atoms with E-state index in [9.17, 15) is 4.79 Å². The maximum atomic E-state index is 12.9. The Labute approximate surface area is 174 Å². The number of fused-ring (bicyclic) bond motifs is 1. The van der Waals surface area contributed by atoms with E-state index in [0.29, 0.717) is 18.9 Å². The second-order valence-corrected chi connectivity index (χ2v) is 7.53. The molecule has 0 aliphatic carbocycles. The second-order valence-electron chi connectivity index (χ2n) is 7.53. The molecule has 0 saturated carbocycles. The van der Waals surface area contributed by atoms with Gasteiger partial charge in [-0.15, -0.1) is 0 Å². The van der Waals surface area contributed by atoms with Gasteiger partial charge in [-0.2, -0.15) is 10.2 Å². The summed E-state index contributed by atoms with van der Waals surface area (Å²) in [6.07, 6.45) is 7.81. The lowest BCUT2D eigenvalue weighted by atomic mass is 10.1. The Bertz CT molecular complexity index is 1140. The van der Waals surface area contributed by atoms with Gasteiger partial charge in [0, 0.05) is 37.8 Å². The highest BCUT2D eigenvalue weighted by atomic mass is 16.5. The van der Waals surface area contributed by atoms with E-state index in [2.05, 4.69) is 39.8 Å². The molecule has 30 heavy (non-hydrogen) atoms. The van der Waals surface area contributed by atoms with Gasteiger partial charge in [-0.25, -0.2) is 9.20 Å². The maximum absolute atomic E-state index is 12.9. The van der Waals surface area contributed by atoms with Crippen molar-refractivity contribution in [1.29, 1.82) is 0 Å². The van der Waals surface area contributed by atoms with Crippen LogP contribution in [0.2, 0.25) is 0 Å². The Kier molecular flexibility index (Phi) is 5.03. The van der Waals surface area contributed by atoms with Crippen molar-refractivity contribution >= 4 is 11.4 Å². The number of nitrogens with one attached hydrogen (secondary N) is 1. The van der Waals surface area contributed by atoms with Crippen LogP contribution in [0.15, 0.2) is 67.1 Å². The van der Waals surface area contributed by atoms with E-state index >= 15 is 0 Å². The highest BCUT2D eigenvalue weighted by Gasteiger charge is 2.21. The Morgan fingerprint density at radius 1 is 1.07 bits per heavy atom. The van der Waals surface area contributed by atoms with Crippen molar-refractivity contribution < 1.29 is 9.53 Å². The SMILES string of the molecule is O=C(NC1CCOCC1)c1cc(Cc2ccc(-n3cccn3)cc2)c2cccnn12. The minimum Gasteiger partial charge on any atom is -0.381 e. The molecule has 1 N–H and O–H groups in total. The van der Waals surface area contributed by atoms with Crippen LogP contribution in [0.5, 0.6) is 0 Å². The first kappa shape index (κ1) is 18.6. The summed E-state index contributed by atoms with van der Waals surface area (Å²) in [5.74, 6) is -0.0871. The van der Waals surface area contributed by atoms with Crippen molar-refractivity contribution in [2.45, 2.75) is 25.3 Å². The standard InChI is InChI=1S/C23H23N5O2/c29-23(26-19-8-13-30-14-9-19)22-16-18(21-3-1-10-25-28(21)22)15-17-4-6-20(7-5-17)27-12-2-11-24-27/h1-7,10-12,16,19H,8-9,13-15H2,(H,26,29). The fourth-order valence-electron chi connectivity index (χ4n) is 3.92. The van der Waals surface area contributed by atoms with E-state index in [4.69, 9.17) is 4.74 Å². The van der Waals surface area contributed by atoms with Gasteiger partial charge in [-0.05, 0) is 66.8 Å². The van der Waals surface area contributed by atoms with Gasteiger partial charge >= 0.3 is 0 Å². The van der Waals surface area contributed by atoms with Crippen LogP contribution >= 0.6 is 0 Å². The average molecular weight is 401 g/mol. The van der Waals surface area contributed by atoms with Gasteiger partial charge in [0.05, 0.1) is 11.2 Å². The highest BCUT2D eigenvalue weighted by Crippen LogP contribution is 2.21. The number of amides is 1. The number of nitrogens with zero attached hydrogens (tertiary/aromatic N) is 4. The molecule has 1 saturated heterocycles. The molecule has 1 aromatic carbocycles. The molecule has 7 nitrogen and oxygen atoms in total. The molecule has 1 fully saturated rings. The molecule has 0 atom stereocenters. The van der Waals surface area contributed by atoms with E-state index in [1.165, 1.54) is 5.56 Å². The summed E-state index contributed by atoms with van der Waals surface area (Å²) < 4.78 is 8.96. The minimum atomic E-state index is -0.0871. The third-order valence-corrected chi connectivity index (χ3v) is 5.51. The lowest BCUT2D eigenvalue weighted by Gasteiger charge is -2.22. The first-order chi connectivity index (χ1) is 14.8. The lowest BCUT2D eigenvalue weighted by molar-refractivity contribution is 0.0693. The molecule has 5 rings (SSSR count). The van der Waals surface area contributed by atoms with Crippen LogP contribution in [0.4, 0.5) is 0 Å². The van der Waals surface area contributed by atoms with E-state index in [1.807, 2.05) is 35.1 Å². The maximum Gasteiger partial charge on any atom is 0.270 e. The predicted octanol–water partition coefficient (Wildman–Crippen LogP) is 3.02. The van der Waals surface area contributed by atoms with E-state index in [1.54, 1.807) is 16.9 Å². The second kappa shape index (κ2) is 8.12. The Hall–Kier alpha value is -3.45. The number of aromatic nitrogens is 4. The largest absolute Gasteiger partial charge is 0.381 e. The van der Waals surface area contributed by atoms with Crippen LogP contribution in [0, 0.1) is 0 Å². The number of rotatable bonds is 5. The highest BCUT2D eigenvalue weighted by molar-refractivity contribution is 5.94. The summed E-state index contributed by atoms with van der Waals surface area (Å²) >= 11 is 0. The van der Waals surface area contributed by atoms with Gasteiger partial charge in [-0.1, -0.05) is 12.1 Å². The molecule has 4 aromatic rings. The lowest BCUT2D eigenvalue weighted by Crippen LogP contribution is -2.39. The van der Waals surface area contributed by atoms with Gasteiger partial charge in [-0.3, -0.25) is 4.79 Å². The Morgan fingerprint density at radius 3 is 2.63 bits per heavy atom. The van der Waals surface area contributed by atoms with Crippen LogP contribution < -0.4 is 5.32 Å². The predicted molar refractivity (Wildman–Crippen MR) is 113 cm³/mol. The summed E-state index contributed by atoms with van der Waals surface area (Å²) in [5, 5.41) is 11.8. The zero-order valence-electron chi connectivity index (χ0n) is 16.6. The summed E-state index contributed by atoms with van der Waals surface area (Å²) in [7, 11) is 0. The topological polar surface area (TPSA) is 73.4 Å². The number of carbonyl (C=O) groups is 1. The van der Waals surface area contributed by atoms with Crippen LogP contribution in [0.3, 0.4) is 0 Å². The van der Waals surface area contributed by atoms with Gasteiger partial charge in [0.25, 0.3) is 5.91 Å². The summed E-state index contributed by atoms with van der Waals surface area (Å²) in [6.45, 7) is 1.38. The van der Waals surface area contributed by atoms with Crippen molar-refractivity contribution in [2.75, 3.05) is 13.2 Å². The number of benzene rings is 1. The monoisotopic (exact) mass is 401 g/mol. The molecule has 1 amide bonds. The number of hydrogen-bond acceptors (Lipinski definition) is 4. The Morgan fingerprint density at radius 2 is 1.87 bits per heavy atom. The average Bonchev–Trinajstić information content (AvgIpc) is 3.44. The molecule has 0 unspecified atom stereocenters. The molecular weight excluding hydrogens is 378 g/mol. The van der Waals surface area contributed by atoms with Crippen molar-refractivity contribution in [2.24, 2.45) is 0 Å². The molecule has 1 aliphatic rings. The molecule has 0 radical (unpaired) electrons. The van der Waals surface area contributed by atoms with Crippen LogP contribution in [0.25, 0.3) is 11.2 Å². The van der Waals surface area contributed by atoms with Crippen LogP contribution in [-0.2, 0) is 11.2 Å². The molecule has 7 heteroatoms. The van der Waals surface area contributed by atoms with Gasteiger partial charge in [0.2, 0.25) is 0 Å². The molecule has 1 aliphatic heterocycles. The fourth-order valence-corrected chi connectivity index (χ4v) is 3.92. The molecule has 4 heterocycles. The van der Waals surface area contributed by atoms with Crippen LogP contribution in [0.1, 0.15) is 34.5 Å². The van der Waals surface area contributed by atoms with Crippen molar-refractivity contribution in [3.8, 4) is 5.69 Å². The number of carbonyl (C=O) groups excluding carboxylic acids is 1. The number of hydrogen-bond donors (Lipinski definition) is 1. The smallest absolute Gasteiger partial charge is 0.270 e. The van der Waals surface area contributed by atoms with E-state index < -0.39 is 0 Å². The summed E-state index contributed by atoms with van der Waals surface area (Å²) in [4.78, 5) is 12.9. The Balaban J connectivity index is 1.40. The van der Waals surface area contributed by atoms with E-state index in [0.717, 1.165) is 36.0 Å². The molecule has 152 valence electrons. The number of ether oxygens (including phenoxy) is 1. The van der Waals surface area contributed by atoms with E-state index in [-0.39, 0.29) is 11.9 Å². The normalized spacial score (nSPS) is 14.8. The first-order valence-electron chi connectivity index (χ1n) is 10.2. The van der Waals surface area contributed by atoms with Crippen molar-refractivity contribution in [3.05, 3.63) is 83.9 Å². The van der Waals surface area contributed by atoms with Gasteiger partial charge in [0.1, 0.15) is 5.69 Å². The summed E-state index contributed by atoms with van der Waals surface area (Å²) in [5.41, 5.74) is 4.78.